The van der Waals surface area contributed by atoms with Gasteiger partial charge in [0.25, 0.3) is 0 Å². The van der Waals surface area contributed by atoms with Crippen molar-refractivity contribution in [1.82, 2.24) is 4.31 Å². The first-order valence-electron chi connectivity index (χ1n) is 6.69. The van der Waals surface area contributed by atoms with Crippen LogP contribution in [0.25, 0.3) is 0 Å². The quantitative estimate of drug-likeness (QED) is 0.921. The van der Waals surface area contributed by atoms with Gasteiger partial charge < -0.3 is 5.32 Å². The SMILES string of the molecule is Cc1cccc(NC(=O)[C@@H]2CCCN(S(C)(=O)=O)C2)c1. The van der Waals surface area contributed by atoms with Crippen LogP contribution in [0, 0.1) is 12.8 Å². The smallest absolute Gasteiger partial charge is 0.228 e. The van der Waals surface area contributed by atoms with Crippen molar-refractivity contribution < 1.29 is 13.2 Å². The summed E-state index contributed by atoms with van der Waals surface area (Å²) in [4.78, 5) is 12.2. The van der Waals surface area contributed by atoms with E-state index in [2.05, 4.69) is 5.32 Å². The lowest BCUT2D eigenvalue weighted by Gasteiger charge is -2.30. The number of carbonyl (C=O) groups excluding carboxylic acids is 1. The number of rotatable bonds is 3. The van der Waals surface area contributed by atoms with Gasteiger partial charge in [-0.1, -0.05) is 12.1 Å². The molecule has 1 saturated heterocycles. The zero-order valence-corrected chi connectivity index (χ0v) is 12.6. The van der Waals surface area contributed by atoms with Gasteiger partial charge in [-0.3, -0.25) is 4.79 Å². The van der Waals surface area contributed by atoms with Crippen molar-refractivity contribution in [2.45, 2.75) is 19.8 Å². The molecule has 0 unspecified atom stereocenters. The molecule has 110 valence electrons. The number of carbonyl (C=O) groups is 1. The highest BCUT2D eigenvalue weighted by molar-refractivity contribution is 7.88. The molecule has 0 bridgehead atoms. The number of benzene rings is 1. The Morgan fingerprint density at radius 1 is 1.40 bits per heavy atom. The minimum absolute atomic E-state index is 0.107. The number of hydrogen-bond donors (Lipinski definition) is 1. The maximum atomic E-state index is 12.2. The van der Waals surface area contributed by atoms with Gasteiger partial charge in [0.1, 0.15) is 0 Å². The summed E-state index contributed by atoms with van der Waals surface area (Å²) in [5.74, 6) is -0.386. The lowest BCUT2D eigenvalue weighted by atomic mass is 9.98. The fourth-order valence-electron chi connectivity index (χ4n) is 2.42. The van der Waals surface area contributed by atoms with E-state index < -0.39 is 10.0 Å². The molecule has 0 aliphatic carbocycles. The Bertz CT molecular complexity index is 598. The summed E-state index contributed by atoms with van der Waals surface area (Å²) in [6.45, 7) is 2.74. The maximum absolute atomic E-state index is 12.2. The minimum atomic E-state index is -3.22. The first-order valence-corrected chi connectivity index (χ1v) is 8.54. The summed E-state index contributed by atoms with van der Waals surface area (Å²) >= 11 is 0. The van der Waals surface area contributed by atoms with Gasteiger partial charge in [0.2, 0.25) is 15.9 Å². The summed E-state index contributed by atoms with van der Waals surface area (Å²) in [6.07, 6.45) is 2.64. The Morgan fingerprint density at radius 3 is 2.80 bits per heavy atom. The van der Waals surface area contributed by atoms with E-state index in [1.54, 1.807) is 0 Å². The third kappa shape index (κ3) is 3.80. The number of hydrogen-bond acceptors (Lipinski definition) is 3. The second-order valence-corrected chi connectivity index (χ2v) is 7.30. The Kier molecular flexibility index (Phi) is 4.45. The van der Waals surface area contributed by atoms with Gasteiger partial charge in [-0.2, -0.15) is 0 Å². The Morgan fingerprint density at radius 2 is 2.15 bits per heavy atom. The number of nitrogens with one attached hydrogen (secondary N) is 1. The standard InChI is InChI=1S/C14H20N2O3S/c1-11-5-3-7-13(9-11)15-14(17)12-6-4-8-16(10-12)20(2,18)19/h3,5,7,9,12H,4,6,8,10H2,1-2H3,(H,15,17)/t12-/m1/s1. The van der Waals surface area contributed by atoms with E-state index in [9.17, 15) is 13.2 Å². The van der Waals surface area contributed by atoms with E-state index in [0.717, 1.165) is 24.1 Å². The lowest BCUT2D eigenvalue weighted by molar-refractivity contribution is -0.120. The van der Waals surface area contributed by atoms with Crippen molar-refractivity contribution in [2.24, 2.45) is 5.92 Å². The molecular formula is C14H20N2O3S. The van der Waals surface area contributed by atoms with Crippen LogP contribution in [-0.4, -0.2) is 38.0 Å². The van der Waals surface area contributed by atoms with E-state index in [-0.39, 0.29) is 18.4 Å². The fourth-order valence-corrected chi connectivity index (χ4v) is 3.34. The number of nitrogens with zero attached hydrogens (tertiary/aromatic N) is 1. The molecule has 20 heavy (non-hydrogen) atoms. The number of sulfonamides is 1. The molecule has 1 aromatic carbocycles. The van der Waals surface area contributed by atoms with Crippen molar-refractivity contribution in [2.75, 3.05) is 24.7 Å². The van der Waals surface area contributed by atoms with Crippen molar-refractivity contribution >= 4 is 21.6 Å². The summed E-state index contributed by atoms with van der Waals surface area (Å²) in [7, 11) is -3.22. The number of amides is 1. The monoisotopic (exact) mass is 296 g/mol. The second-order valence-electron chi connectivity index (χ2n) is 5.32. The molecule has 5 nitrogen and oxygen atoms in total. The predicted octanol–water partition coefficient (Wildman–Crippen LogP) is 1.61. The molecule has 1 aromatic rings. The number of aryl methyl sites for hydroxylation is 1. The summed E-state index contributed by atoms with van der Waals surface area (Å²) in [6, 6.07) is 7.58. The van der Waals surface area contributed by atoms with Gasteiger partial charge in [-0.15, -0.1) is 0 Å². The van der Waals surface area contributed by atoms with Gasteiger partial charge in [0.15, 0.2) is 0 Å². The summed E-state index contributed by atoms with van der Waals surface area (Å²) in [5, 5.41) is 2.86. The van der Waals surface area contributed by atoms with Crippen molar-refractivity contribution in [3.05, 3.63) is 29.8 Å². The number of piperidine rings is 1. The average Bonchev–Trinajstić information content (AvgIpc) is 2.38. The van der Waals surface area contributed by atoms with E-state index in [1.807, 2.05) is 31.2 Å². The van der Waals surface area contributed by atoms with Crippen LogP contribution in [0.2, 0.25) is 0 Å². The number of anilines is 1. The van der Waals surface area contributed by atoms with Gasteiger partial charge >= 0.3 is 0 Å². The summed E-state index contributed by atoms with van der Waals surface area (Å²) < 4.78 is 24.5. The first-order chi connectivity index (χ1) is 9.36. The van der Waals surface area contributed by atoms with Crippen LogP contribution in [0.4, 0.5) is 5.69 Å². The zero-order chi connectivity index (χ0) is 14.8. The van der Waals surface area contributed by atoms with Crippen LogP contribution >= 0.6 is 0 Å². The third-order valence-corrected chi connectivity index (χ3v) is 4.78. The zero-order valence-electron chi connectivity index (χ0n) is 11.8. The molecule has 0 aromatic heterocycles. The van der Waals surface area contributed by atoms with Gasteiger partial charge in [-0.25, -0.2) is 12.7 Å². The van der Waals surface area contributed by atoms with Crippen LogP contribution in [0.1, 0.15) is 18.4 Å². The molecule has 0 radical (unpaired) electrons. The molecule has 1 atom stereocenters. The van der Waals surface area contributed by atoms with Crippen molar-refractivity contribution in [3.63, 3.8) is 0 Å². The molecular weight excluding hydrogens is 276 g/mol. The molecule has 2 rings (SSSR count). The van der Waals surface area contributed by atoms with E-state index in [0.29, 0.717) is 6.54 Å². The molecule has 1 amide bonds. The van der Waals surface area contributed by atoms with Crippen molar-refractivity contribution in [1.29, 1.82) is 0 Å². The predicted molar refractivity (Wildman–Crippen MR) is 78.9 cm³/mol. The molecule has 0 spiro atoms. The van der Waals surface area contributed by atoms with E-state index >= 15 is 0 Å². The Labute approximate surface area is 120 Å². The molecule has 1 aliphatic heterocycles. The third-order valence-electron chi connectivity index (χ3n) is 3.51. The maximum Gasteiger partial charge on any atom is 0.228 e. The molecule has 1 fully saturated rings. The molecule has 1 N–H and O–H groups in total. The Balaban J connectivity index is 2.02. The lowest BCUT2D eigenvalue weighted by Crippen LogP contribution is -2.43. The molecule has 6 heteroatoms. The van der Waals surface area contributed by atoms with Crippen LogP contribution < -0.4 is 5.32 Å². The van der Waals surface area contributed by atoms with Crippen LogP contribution in [0.15, 0.2) is 24.3 Å². The van der Waals surface area contributed by atoms with Gasteiger partial charge in [-0.05, 0) is 37.5 Å². The van der Waals surface area contributed by atoms with Gasteiger partial charge in [0, 0.05) is 18.8 Å². The topological polar surface area (TPSA) is 66.5 Å². The highest BCUT2D eigenvalue weighted by atomic mass is 32.2. The van der Waals surface area contributed by atoms with Crippen LogP contribution in [0.5, 0.6) is 0 Å². The molecule has 0 saturated carbocycles. The average molecular weight is 296 g/mol. The second kappa shape index (κ2) is 5.93. The summed E-state index contributed by atoms with van der Waals surface area (Å²) in [5.41, 5.74) is 1.83. The molecule has 1 heterocycles. The normalized spacial score (nSPS) is 20.6. The van der Waals surface area contributed by atoms with E-state index in [1.165, 1.54) is 10.6 Å². The fraction of sp³-hybridized carbons (Fsp3) is 0.500. The van der Waals surface area contributed by atoms with E-state index in [4.69, 9.17) is 0 Å². The Hall–Kier alpha value is -1.40. The van der Waals surface area contributed by atoms with Crippen LogP contribution in [-0.2, 0) is 14.8 Å². The highest BCUT2D eigenvalue weighted by Gasteiger charge is 2.30. The first kappa shape index (κ1) is 15.0. The van der Waals surface area contributed by atoms with Gasteiger partial charge in [0.05, 0.1) is 12.2 Å². The van der Waals surface area contributed by atoms with Crippen LogP contribution in [0.3, 0.4) is 0 Å². The minimum Gasteiger partial charge on any atom is -0.326 e. The van der Waals surface area contributed by atoms with Crippen molar-refractivity contribution in [3.8, 4) is 0 Å². The largest absolute Gasteiger partial charge is 0.326 e. The highest BCUT2D eigenvalue weighted by Crippen LogP contribution is 2.20. The molecule has 1 aliphatic rings.